The number of benzene rings is 4. The van der Waals surface area contributed by atoms with Crippen LogP contribution >= 0.6 is 0 Å². The molecule has 0 aliphatic rings. The van der Waals surface area contributed by atoms with Crippen LogP contribution in [-0.4, -0.2) is 0 Å². The maximum atomic E-state index is 15.2. The summed E-state index contributed by atoms with van der Waals surface area (Å²) in [4.78, 5) is 0. The fraction of sp³-hybridized carbons (Fsp3) is 0.273. The highest BCUT2D eigenvalue weighted by molar-refractivity contribution is 5.85. The van der Waals surface area contributed by atoms with Gasteiger partial charge in [0, 0.05) is 16.5 Å². The van der Waals surface area contributed by atoms with Crippen LogP contribution in [0, 0.1) is 29.3 Å². The van der Waals surface area contributed by atoms with E-state index in [4.69, 9.17) is 0 Å². The van der Waals surface area contributed by atoms with Crippen LogP contribution in [0.25, 0.3) is 10.8 Å². The fourth-order valence-electron chi connectivity index (χ4n) is 4.58. The zero-order valence-electron chi connectivity index (χ0n) is 21.6. The van der Waals surface area contributed by atoms with Gasteiger partial charge in [-0.05, 0) is 84.2 Å². The first-order valence-corrected chi connectivity index (χ1v) is 13.0. The second kappa shape index (κ2) is 12.4. The second-order valence-electron chi connectivity index (χ2n) is 9.66. The third kappa shape index (κ3) is 7.23. The first-order valence-electron chi connectivity index (χ1n) is 13.0. The van der Waals surface area contributed by atoms with Crippen molar-refractivity contribution in [1.29, 1.82) is 0 Å². The molecule has 0 spiro atoms. The molecule has 0 aliphatic carbocycles. The van der Waals surface area contributed by atoms with E-state index in [0.717, 1.165) is 17.5 Å². The lowest BCUT2D eigenvalue weighted by atomic mass is 9.98. The first kappa shape index (κ1) is 28.3. The quantitative estimate of drug-likeness (QED) is 0.119. The predicted octanol–water partition coefficient (Wildman–Crippen LogP) is 9.58. The average molecular weight is 539 g/mol. The minimum absolute atomic E-state index is 0.0184. The van der Waals surface area contributed by atoms with Gasteiger partial charge in [0.1, 0.15) is 23.0 Å². The molecule has 0 nitrogen and oxygen atoms in total. The van der Waals surface area contributed by atoms with Crippen molar-refractivity contribution in [2.24, 2.45) is 0 Å². The summed E-state index contributed by atoms with van der Waals surface area (Å²) in [6.45, 7) is 2.20. The molecule has 0 atom stereocenters. The Labute approximate surface area is 224 Å². The normalized spacial score (nSPS) is 11.5. The third-order valence-corrected chi connectivity index (χ3v) is 6.73. The SMILES string of the molecule is CCCCCCc1ccc(C#Cc2ccc3c(F)c(CCc4cc(F)c(C(F)(F)F)c(F)c4)ccc3c2)cc1. The molecule has 0 unspecified atom stereocenters. The summed E-state index contributed by atoms with van der Waals surface area (Å²) in [6.07, 6.45) is 0.876. The maximum Gasteiger partial charge on any atom is 0.422 e. The molecule has 6 heteroatoms. The van der Waals surface area contributed by atoms with Crippen LogP contribution in [0.4, 0.5) is 26.3 Å². The van der Waals surface area contributed by atoms with Gasteiger partial charge in [0.05, 0.1) is 0 Å². The highest BCUT2D eigenvalue weighted by atomic mass is 19.4. The van der Waals surface area contributed by atoms with E-state index in [-0.39, 0.29) is 18.4 Å². The summed E-state index contributed by atoms with van der Waals surface area (Å²) in [5.74, 6) is 2.42. The minimum atomic E-state index is -5.13. The van der Waals surface area contributed by atoms with Gasteiger partial charge >= 0.3 is 6.18 Å². The zero-order valence-corrected chi connectivity index (χ0v) is 21.6. The molecule has 0 fully saturated rings. The molecule has 202 valence electrons. The molecule has 4 aromatic rings. The molecule has 0 bridgehead atoms. The summed E-state index contributed by atoms with van der Waals surface area (Å²) in [5, 5.41) is 1.02. The molecule has 0 saturated carbocycles. The van der Waals surface area contributed by atoms with Crippen molar-refractivity contribution in [3.63, 3.8) is 0 Å². The third-order valence-electron chi connectivity index (χ3n) is 6.73. The molecule has 39 heavy (non-hydrogen) atoms. The lowest BCUT2D eigenvalue weighted by Crippen LogP contribution is -2.12. The van der Waals surface area contributed by atoms with Crippen molar-refractivity contribution in [1.82, 2.24) is 0 Å². The molecular formula is C33H28F6. The molecule has 0 N–H and O–H groups in total. The summed E-state index contributed by atoms with van der Waals surface area (Å²) >= 11 is 0. The Morgan fingerprint density at radius 1 is 0.641 bits per heavy atom. The molecule has 0 aromatic heterocycles. The van der Waals surface area contributed by atoms with Crippen LogP contribution in [0.3, 0.4) is 0 Å². The number of hydrogen-bond acceptors (Lipinski definition) is 0. The van der Waals surface area contributed by atoms with E-state index in [1.807, 2.05) is 12.1 Å². The van der Waals surface area contributed by atoms with E-state index in [1.54, 1.807) is 30.3 Å². The predicted molar refractivity (Wildman–Crippen MR) is 143 cm³/mol. The molecular weight excluding hydrogens is 510 g/mol. The first-order chi connectivity index (χ1) is 18.7. The van der Waals surface area contributed by atoms with Gasteiger partial charge < -0.3 is 0 Å². The van der Waals surface area contributed by atoms with Crippen LogP contribution in [0.5, 0.6) is 0 Å². The van der Waals surface area contributed by atoms with E-state index < -0.39 is 29.2 Å². The van der Waals surface area contributed by atoms with Crippen LogP contribution < -0.4 is 0 Å². The zero-order chi connectivity index (χ0) is 28.0. The number of halogens is 6. The minimum Gasteiger partial charge on any atom is -0.206 e. The Hall–Kier alpha value is -3.72. The van der Waals surface area contributed by atoms with E-state index in [2.05, 4.69) is 30.9 Å². The Morgan fingerprint density at radius 2 is 1.31 bits per heavy atom. The number of rotatable bonds is 8. The Bertz CT molecular complexity index is 1480. The van der Waals surface area contributed by atoms with Gasteiger partial charge in [-0.2, -0.15) is 13.2 Å². The van der Waals surface area contributed by atoms with Gasteiger partial charge in [-0.1, -0.05) is 68.4 Å². The molecule has 0 heterocycles. The number of fused-ring (bicyclic) bond motifs is 1. The Balaban J connectivity index is 1.44. The van der Waals surface area contributed by atoms with Crippen molar-refractivity contribution in [3.8, 4) is 11.8 Å². The summed E-state index contributed by atoms with van der Waals surface area (Å²) in [5.41, 5.74) is 1.32. The second-order valence-corrected chi connectivity index (χ2v) is 9.66. The van der Waals surface area contributed by atoms with E-state index in [1.165, 1.54) is 31.2 Å². The molecule has 0 radical (unpaired) electrons. The fourth-order valence-corrected chi connectivity index (χ4v) is 4.58. The van der Waals surface area contributed by atoms with Gasteiger partial charge in [-0.15, -0.1) is 0 Å². The lowest BCUT2D eigenvalue weighted by molar-refractivity contribution is -0.142. The summed E-state index contributed by atoms with van der Waals surface area (Å²) < 4.78 is 81.3. The molecule has 0 amide bonds. The van der Waals surface area contributed by atoms with Gasteiger partial charge in [-0.3, -0.25) is 0 Å². The van der Waals surface area contributed by atoms with Gasteiger partial charge in [0.25, 0.3) is 0 Å². The lowest BCUT2D eigenvalue weighted by Gasteiger charge is -2.12. The molecule has 4 rings (SSSR count). The van der Waals surface area contributed by atoms with Crippen LogP contribution in [0.2, 0.25) is 0 Å². The van der Waals surface area contributed by atoms with E-state index in [0.29, 0.717) is 28.5 Å². The van der Waals surface area contributed by atoms with Gasteiger partial charge in [0.15, 0.2) is 0 Å². The smallest absolute Gasteiger partial charge is 0.206 e. The standard InChI is InChI=1S/C33H28F6/c1-2-3-4-5-6-22-7-9-23(10-8-22)11-12-24-14-18-28-27(19-24)17-16-26(32(28)36)15-13-25-20-29(34)31(30(35)21-25)33(37,38)39/h7-10,14,16-21H,2-6,13,15H2,1H3. The largest absolute Gasteiger partial charge is 0.422 e. The highest BCUT2D eigenvalue weighted by Gasteiger charge is 2.37. The number of aryl methyl sites for hydroxylation is 3. The van der Waals surface area contributed by atoms with Crippen LogP contribution in [0.1, 0.15) is 66.0 Å². The van der Waals surface area contributed by atoms with E-state index in [9.17, 15) is 22.0 Å². The van der Waals surface area contributed by atoms with Crippen molar-refractivity contribution in [2.45, 2.75) is 58.0 Å². The summed E-state index contributed by atoms with van der Waals surface area (Å²) in [6, 6.07) is 18.0. The average Bonchev–Trinajstić information content (AvgIpc) is 2.89. The van der Waals surface area contributed by atoms with Crippen molar-refractivity contribution >= 4 is 10.8 Å². The van der Waals surface area contributed by atoms with Crippen LogP contribution in [0.15, 0.2) is 66.7 Å². The monoisotopic (exact) mass is 538 g/mol. The molecule has 4 aromatic carbocycles. The van der Waals surface area contributed by atoms with Gasteiger partial charge in [0.2, 0.25) is 0 Å². The topological polar surface area (TPSA) is 0 Å². The van der Waals surface area contributed by atoms with E-state index >= 15 is 4.39 Å². The van der Waals surface area contributed by atoms with Crippen LogP contribution in [-0.2, 0) is 25.4 Å². The number of unbranched alkanes of at least 4 members (excludes halogenated alkanes) is 3. The van der Waals surface area contributed by atoms with Crippen molar-refractivity contribution < 1.29 is 26.3 Å². The highest BCUT2D eigenvalue weighted by Crippen LogP contribution is 2.34. The van der Waals surface area contributed by atoms with Crippen molar-refractivity contribution in [3.05, 3.63) is 118 Å². The Kier molecular flexibility index (Phi) is 9.01. The Morgan fingerprint density at radius 3 is 1.97 bits per heavy atom. The number of hydrogen-bond donors (Lipinski definition) is 0. The molecule has 0 saturated heterocycles. The number of alkyl halides is 3. The van der Waals surface area contributed by atoms with Gasteiger partial charge in [-0.25, -0.2) is 13.2 Å². The van der Waals surface area contributed by atoms with Crippen molar-refractivity contribution in [2.75, 3.05) is 0 Å². The maximum absolute atomic E-state index is 15.2. The summed E-state index contributed by atoms with van der Waals surface area (Å²) in [7, 11) is 0. The molecule has 0 aliphatic heterocycles.